The number of aliphatic carboxylic acids is 2. The first kappa shape index (κ1) is 30.1. The predicted molar refractivity (Wildman–Crippen MR) is 155 cm³/mol. The first-order chi connectivity index (χ1) is 20.9. The topological polar surface area (TPSA) is 251 Å². The number of carboxylic acids is 2. The molecule has 2 aromatic heterocycles. The van der Waals surface area contributed by atoms with Crippen molar-refractivity contribution in [2.24, 2.45) is 5.16 Å². The Morgan fingerprint density at radius 3 is 2.66 bits per heavy atom. The second-order valence-corrected chi connectivity index (χ2v) is 11.3. The van der Waals surface area contributed by atoms with Gasteiger partial charge in [-0.3, -0.25) is 14.5 Å². The van der Waals surface area contributed by atoms with Gasteiger partial charge in [0, 0.05) is 22.8 Å². The van der Waals surface area contributed by atoms with Crippen molar-refractivity contribution in [3.8, 4) is 22.8 Å². The molecule has 0 aliphatic carbocycles. The number of aromatic hydroxyl groups is 2. The fourth-order valence-electron chi connectivity index (χ4n) is 4.13. The number of aromatic nitrogens is 2. The Labute approximate surface area is 255 Å². The number of benzene rings is 1. The van der Waals surface area contributed by atoms with E-state index in [1.807, 2.05) is 0 Å². The van der Waals surface area contributed by atoms with Gasteiger partial charge in [-0.2, -0.15) is 0 Å². The van der Waals surface area contributed by atoms with E-state index < -0.39 is 47.0 Å². The zero-order valence-electron chi connectivity index (χ0n) is 22.4. The summed E-state index contributed by atoms with van der Waals surface area (Å²) in [5, 5.41) is 49.1. The number of carbonyl (C=O) groups excluding carboxylic acids is 2. The molecule has 228 valence electrons. The van der Waals surface area contributed by atoms with E-state index >= 15 is 0 Å². The monoisotopic (exact) mass is 642 g/mol. The van der Waals surface area contributed by atoms with Gasteiger partial charge in [0.25, 0.3) is 11.8 Å². The Kier molecular flexibility index (Phi) is 8.28. The number of nitrogen functional groups attached to an aromatic ring is 1. The number of thiazole rings is 1. The summed E-state index contributed by atoms with van der Waals surface area (Å²) in [5.41, 5.74) is 6.09. The molecular formula is C26H22N6O10S2. The minimum atomic E-state index is -1.39. The predicted octanol–water partition coefficient (Wildman–Crippen LogP) is 1.44. The first-order valence-corrected chi connectivity index (χ1v) is 14.4. The van der Waals surface area contributed by atoms with Crippen molar-refractivity contribution in [2.75, 3.05) is 11.5 Å². The fraction of sp³-hybridized carbons (Fsp3) is 0.192. The summed E-state index contributed by atoms with van der Waals surface area (Å²) in [6, 6.07) is 4.55. The highest BCUT2D eigenvalue weighted by Gasteiger charge is 2.54. The lowest BCUT2D eigenvalue weighted by atomic mass is 10.0. The maximum absolute atomic E-state index is 13.1. The summed E-state index contributed by atoms with van der Waals surface area (Å²) in [6.45, 7) is 1.21. The summed E-state index contributed by atoms with van der Waals surface area (Å²) in [6.07, 6.45) is 1.56. The zero-order chi connectivity index (χ0) is 31.7. The summed E-state index contributed by atoms with van der Waals surface area (Å²) < 4.78 is 5.28. The molecule has 3 aromatic rings. The fourth-order valence-corrected chi connectivity index (χ4v) is 5.99. The summed E-state index contributed by atoms with van der Waals surface area (Å²) in [7, 11) is 0. The van der Waals surface area contributed by atoms with Crippen LogP contribution in [0, 0.1) is 0 Å². The SMILES string of the molecule is CC(O/N=C(/C(=O)N[C@@H]1C(=O)N2C(C(=O)O)=C(/C=C/c3cc(-c4ccc(O)c(O)c4)no3)CS[C@H]12)c1csc(N)n1)C(=O)O. The number of β-lactam (4-membered cyclic amide) rings is 1. The molecule has 5 rings (SSSR count). The molecule has 4 heterocycles. The highest BCUT2D eigenvalue weighted by atomic mass is 32.2. The average Bonchev–Trinajstić information content (AvgIpc) is 3.64. The minimum Gasteiger partial charge on any atom is -0.504 e. The molecule has 0 radical (unpaired) electrons. The highest BCUT2D eigenvalue weighted by Crippen LogP contribution is 2.41. The van der Waals surface area contributed by atoms with Crippen LogP contribution in [-0.2, 0) is 24.0 Å². The van der Waals surface area contributed by atoms with E-state index in [0.717, 1.165) is 16.2 Å². The van der Waals surface area contributed by atoms with Gasteiger partial charge in [0.2, 0.25) is 6.10 Å². The van der Waals surface area contributed by atoms with Crippen molar-refractivity contribution in [3.05, 3.63) is 58.4 Å². The van der Waals surface area contributed by atoms with Gasteiger partial charge in [-0.1, -0.05) is 16.4 Å². The number of rotatable bonds is 10. The molecule has 3 atom stereocenters. The van der Waals surface area contributed by atoms with Gasteiger partial charge in [0.1, 0.15) is 28.5 Å². The Morgan fingerprint density at radius 2 is 2.00 bits per heavy atom. The van der Waals surface area contributed by atoms with Crippen LogP contribution in [0.4, 0.5) is 5.13 Å². The van der Waals surface area contributed by atoms with Crippen LogP contribution in [0.15, 0.2) is 56.7 Å². The summed E-state index contributed by atoms with van der Waals surface area (Å²) >= 11 is 2.21. The largest absolute Gasteiger partial charge is 0.504 e. The Bertz CT molecular complexity index is 1760. The minimum absolute atomic E-state index is 0.00107. The molecule has 1 unspecified atom stereocenters. The number of fused-ring (bicyclic) bond motifs is 1. The van der Waals surface area contributed by atoms with Crippen LogP contribution in [0.25, 0.3) is 17.3 Å². The van der Waals surface area contributed by atoms with Crippen LogP contribution < -0.4 is 11.1 Å². The van der Waals surface area contributed by atoms with Gasteiger partial charge >= 0.3 is 11.9 Å². The van der Waals surface area contributed by atoms with Crippen molar-refractivity contribution in [1.29, 1.82) is 0 Å². The molecule has 0 bridgehead atoms. The second kappa shape index (κ2) is 12.1. The van der Waals surface area contributed by atoms with Crippen molar-refractivity contribution >= 4 is 63.8 Å². The van der Waals surface area contributed by atoms with Crippen molar-refractivity contribution in [3.63, 3.8) is 0 Å². The third-order valence-corrected chi connectivity index (χ3v) is 8.34. The molecule has 18 heteroatoms. The van der Waals surface area contributed by atoms with E-state index in [4.69, 9.17) is 20.2 Å². The van der Waals surface area contributed by atoms with Gasteiger partial charge in [0.15, 0.2) is 28.1 Å². The molecule has 1 fully saturated rings. The average molecular weight is 643 g/mol. The third kappa shape index (κ3) is 5.92. The van der Waals surface area contributed by atoms with Crippen LogP contribution in [0.3, 0.4) is 0 Å². The summed E-state index contributed by atoms with van der Waals surface area (Å²) in [4.78, 5) is 59.5. The van der Waals surface area contributed by atoms with Gasteiger partial charge in [0.05, 0.1) is 0 Å². The quantitative estimate of drug-likeness (QED) is 0.0792. The first-order valence-electron chi connectivity index (χ1n) is 12.5. The lowest BCUT2D eigenvalue weighted by Crippen LogP contribution is -2.71. The molecule has 16 nitrogen and oxygen atoms in total. The van der Waals surface area contributed by atoms with Gasteiger partial charge in [-0.05, 0) is 36.8 Å². The Hall–Kier alpha value is -5.36. The number of nitrogens with zero attached hydrogens (tertiary/aromatic N) is 4. The van der Waals surface area contributed by atoms with Gasteiger partial charge in [-0.15, -0.1) is 23.1 Å². The number of nitrogens with two attached hydrogens (primary N) is 1. The molecule has 7 N–H and O–H groups in total. The number of carbonyl (C=O) groups is 4. The number of anilines is 1. The molecule has 0 spiro atoms. The van der Waals surface area contributed by atoms with Crippen LogP contribution >= 0.6 is 23.1 Å². The molecule has 2 aliphatic rings. The molecular weight excluding hydrogens is 620 g/mol. The van der Waals surface area contributed by atoms with Crippen LogP contribution in [-0.4, -0.2) is 88.2 Å². The van der Waals surface area contributed by atoms with E-state index in [9.17, 15) is 34.5 Å². The molecule has 1 aromatic carbocycles. The number of allylic oxidation sites excluding steroid dienone is 1. The number of carboxylic acid groups (broad SMARTS) is 2. The third-order valence-electron chi connectivity index (χ3n) is 6.36. The number of phenols is 2. The molecule has 2 amide bonds. The highest BCUT2D eigenvalue weighted by molar-refractivity contribution is 8.00. The molecule has 1 saturated heterocycles. The van der Waals surface area contributed by atoms with Crippen molar-refractivity contribution in [2.45, 2.75) is 24.4 Å². The van der Waals surface area contributed by atoms with Gasteiger partial charge < -0.3 is 40.8 Å². The van der Waals surface area contributed by atoms with E-state index in [1.54, 1.807) is 6.07 Å². The van der Waals surface area contributed by atoms with Crippen LogP contribution in [0.5, 0.6) is 11.5 Å². The number of nitrogens with one attached hydrogen (secondary N) is 1. The van der Waals surface area contributed by atoms with E-state index in [2.05, 4.69) is 20.6 Å². The van der Waals surface area contributed by atoms with E-state index in [-0.39, 0.29) is 39.5 Å². The van der Waals surface area contributed by atoms with Crippen molar-refractivity contribution in [1.82, 2.24) is 20.4 Å². The maximum atomic E-state index is 13.1. The molecule has 2 aliphatic heterocycles. The van der Waals surface area contributed by atoms with Crippen molar-refractivity contribution < 1.29 is 49.0 Å². The second-order valence-electron chi connectivity index (χ2n) is 9.29. The van der Waals surface area contributed by atoms with Crippen LogP contribution in [0.2, 0.25) is 0 Å². The Morgan fingerprint density at radius 1 is 1.23 bits per heavy atom. The zero-order valence-corrected chi connectivity index (χ0v) is 24.0. The number of amides is 2. The number of hydrogen-bond acceptors (Lipinski definition) is 14. The number of hydrogen-bond donors (Lipinski definition) is 6. The van der Waals surface area contributed by atoms with Crippen LogP contribution in [0.1, 0.15) is 18.4 Å². The molecule has 0 saturated carbocycles. The standard InChI is InChI=1S/C26H22N6O10S2/c1-10(24(37)38)41-31-18(15-9-44-26(27)28-15)21(35)29-19-22(36)32-20(25(39)40)12(8-43-23(19)32)2-4-13-7-14(30-42-13)11-3-5-16(33)17(34)6-11/h2-7,9-10,19,23,33-34H,8H2,1H3,(H2,27,28)(H,29,35)(H,37,38)(H,39,40)/b4-2+,31-18+/t10?,19-,23-/m1/s1. The smallest absolute Gasteiger partial charge is 0.352 e. The van der Waals surface area contributed by atoms with E-state index in [0.29, 0.717) is 16.8 Å². The number of phenolic OH excluding ortho intramolecular Hbond substituents is 2. The lowest BCUT2D eigenvalue weighted by molar-refractivity contribution is -0.150. The van der Waals surface area contributed by atoms with E-state index in [1.165, 1.54) is 54.4 Å². The number of oxime groups is 1. The Balaban J connectivity index is 1.32. The number of thioether (sulfide) groups is 1. The summed E-state index contributed by atoms with van der Waals surface area (Å²) in [5.74, 6) is -4.49. The lowest BCUT2D eigenvalue weighted by Gasteiger charge is -2.49. The molecule has 44 heavy (non-hydrogen) atoms. The maximum Gasteiger partial charge on any atom is 0.352 e. The van der Waals surface area contributed by atoms with Gasteiger partial charge in [-0.25, -0.2) is 14.6 Å². The normalized spacial score (nSPS) is 19.0.